The van der Waals surface area contributed by atoms with Gasteiger partial charge in [-0.25, -0.2) is 4.39 Å². The number of rotatable bonds is 9. The highest BCUT2D eigenvalue weighted by atomic mass is 19.1. The molecular formula is C35H43BFNO3. The highest BCUT2D eigenvalue weighted by Crippen LogP contribution is 2.40. The molecule has 0 saturated carbocycles. The first-order chi connectivity index (χ1) is 19.8. The minimum Gasteiger partial charge on any atom is -0.450 e. The Labute approximate surface area is 244 Å². The van der Waals surface area contributed by atoms with E-state index in [9.17, 15) is 9.82 Å². The summed E-state index contributed by atoms with van der Waals surface area (Å²) in [5, 5.41) is 10.4. The van der Waals surface area contributed by atoms with Crippen LogP contribution >= 0.6 is 0 Å². The van der Waals surface area contributed by atoms with Crippen LogP contribution in [0.5, 0.6) is 0 Å². The molecule has 3 atom stereocenters. The van der Waals surface area contributed by atoms with Crippen molar-refractivity contribution in [1.29, 1.82) is 0 Å². The highest BCUT2D eigenvalue weighted by molar-refractivity contribution is 6.50. The van der Waals surface area contributed by atoms with E-state index in [1.807, 2.05) is 13.8 Å². The maximum atomic E-state index is 15.4. The highest BCUT2D eigenvalue weighted by Gasteiger charge is 2.33. The van der Waals surface area contributed by atoms with E-state index >= 15 is 4.39 Å². The van der Waals surface area contributed by atoms with Crippen LogP contribution in [-0.2, 0) is 4.74 Å². The summed E-state index contributed by atoms with van der Waals surface area (Å²) < 4.78 is 20.9. The van der Waals surface area contributed by atoms with Gasteiger partial charge in [-0.3, -0.25) is 9.79 Å². The van der Waals surface area contributed by atoms with Crippen molar-refractivity contribution in [2.24, 2.45) is 10.9 Å². The van der Waals surface area contributed by atoms with Gasteiger partial charge in [-0.2, -0.15) is 0 Å². The molecule has 0 bridgehead atoms. The fourth-order valence-corrected chi connectivity index (χ4v) is 7.01. The molecule has 4 nitrogen and oxygen atoms in total. The van der Waals surface area contributed by atoms with Gasteiger partial charge in [-0.05, 0) is 102 Å². The van der Waals surface area contributed by atoms with E-state index in [1.165, 1.54) is 22.8 Å². The summed E-state index contributed by atoms with van der Waals surface area (Å²) in [6, 6.07) is 12.0. The Morgan fingerprint density at radius 3 is 2.76 bits per heavy atom. The predicted molar refractivity (Wildman–Crippen MR) is 167 cm³/mol. The van der Waals surface area contributed by atoms with E-state index in [2.05, 4.69) is 44.2 Å². The Morgan fingerprint density at radius 1 is 1.22 bits per heavy atom. The summed E-state index contributed by atoms with van der Waals surface area (Å²) >= 11 is 0. The first-order valence-corrected chi connectivity index (χ1v) is 15.4. The van der Waals surface area contributed by atoms with Crippen LogP contribution in [-0.4, -0.2) is 43.2 Å². The maximum absolute atomic E-state index is 15.4. The van der Waals surface area contributed by atoms with E-state index in [0.29, 0.717) is 35.7 Å². The number of nitrogens with zero attached hydrogens (tertiary/aromatic N) is 1. The lowest BCUT2D eigenvalue weighted by atomic mass is 9.57. The van der Waals surface area contributed by atoms with Crippen molar-refractivity contribution < 1.29 is 18.9 Å². The van der Waals surface area contributed by atoms with Crippen LogP contribution in [0.4, 0.5) is 4.39 Å². The van der Waals surface area contributed by atoms with E-state index in [-0.39, 0.29) is 23.3 Å². The minimum atomic E-state index is -0.496. The summed E-state index contributed by atoms with van der Waals surface area (Å²) in [6.45, 7) is 9.35. The maximum Gasteiger partial charge on any atom is 0.289 e. The second-order valence-electron chi connectivity index (χ2n) is 12.4. The number of ketones is 1. The van der Waals surface area contributed by atoms with Crippen LogP contribution in [0.1, 0.15) is 97.3 Å². The molecule has 5 rings (SSSR count). The molecule has 2 aromatic rings. The van der Waals surface area contributed by atoms with Crippen molar-refractivity contribution in [3.05, 3.63) is 87.3 Å². The van der Waals surface area contributed by atoms with E-state index < -0.39 is 12.7 Å². The van der Waals surface area contributed by atoms with Crippen molar-refractivity contribution in [3.8, 4) is 0 Å². The third kappa shape index (κ3) is 6.49. The molecule has 1 fully saturated rings. The molecule has 41 heavy (non-hydrogen) atoms. The number of hydrogen-bond acceptors (Lipinski definition) is 4. The van der Waals surface area contributed by atoms with E-state index in [0.717, 1.165) is 56.4 Å². The normalized spacial score (nSPS) is 21.9. The molecule has 216 valence electrons. The van der Waals surface area contributed by atoms with Crippen molar-refractivity contribution in [2.75, 3.05) is 13.2 Å². The van der Waals surface area contributed by atoms with Crippen LogP contribution in [0.15, 0.2) is 58.6 Å². The van der Waals surface area contributed by atoms with Gasteiger partial charge in [0.1, 0.15) is 5.82 Å². The summed E-state index contributed by atoms with van der Waals surface area (Å²) in [5.41, 5.74) is 7.01. The van der Waals surface area contributed by atoms with Crippen molar-refractivity contribution in [1.82, 2.24) is 0 Å². The fourth-order valence-electron chi connectivity index (χ4n) is 7.01. The molecule has 1 saturated heterocycles. The lowest BCUT2D eigenvalue weighted by molar-refractivity contribution is 0.0853. The number of aliphatic imine (C=N–C) groups is 1. The molecular weight excluding hydrogens is 512 g/mol. The monoisotopic (exact) mass is 555 g/mol. The van der Waals surface area contributed by atoms with Gasteiger partial charge < -0.3 is 9.76 Å². The lowest BCUT2D eigenvalue weighted by Crippen LogP contribution is -2.17. The molecule has 2 aliphatic heterocycles. The van der Waals surface area contributed by atoms with Crippen molar-refractivity contribution >= 4 is 24.5 Å². The van der Waals surface area contributed by atoms with Gasteiger partial charge in [0.25, 0.3) is 6.92 Å². The second-order valence-corrected chi connectivity index (χ2v) is 12.4. The molecule has 0 aromatic heterocycles. The number of hydrogen-bond donors (Lipinski definition) is 1. The standard InChI is InChI=1S/C35H43BFNO3/c1-5-13-36(40)20-23(3)29-9-10-32(37)34(24(29)4)35(39)31-21-38-33-17-22(2)16-28(19-30(31)33)27-8-6-7-26(18-27)25-11-14-41-15-12-25/h6-10,16,18,21-23,25,33,40H,5,11-15,17,19-20H2,1-4H3. The Morgan fingerprint density at radius 2 is 2.00 bits per heavy atom. The number of ether oxygens (including phenoxy) is 1. The lowest BCUT2D eigenvalue weighted by Gasteiger charge is -2.23. The molecule has 0 amide bonds. The number of halogens is 1. The first kappa shape index (κ1) is 29.7. The summed E-state index contributed by atoms with van der Waals surface area (Å²) in [5.74, 6) is 0.0551. The fraction of sp³-hybridized carbons (Fsp3) is 0.486. The zero-order valence-electron chi connectivity index (χ0n) is 25.0. The van der Waals surface area contributed by atoms with Gasteiger partial charge in [0.2, 0.25) is 0 Å². The SMILES string of the molecule is CCCB(O)CC(C)c1ccc(F)c(C(=O)C2=C3CC(c4cccc(C5CCOCC5)c4)=CC(C)CC3N=C2)c1C. The minimum absolute atomic E-state index is 0.0163. The van der Waals surface area contributed by atoms with Crippen molar-refractivity contribution in [3.63, 3.8) is 0 Å². The third-order valence-corrected chi connectivity index (χ3v) is 9.25. The van der Waals surface area contributed by atoms with Crippen LogP contribution in [0.25, 0.3) is 5.57 Å². The number of fused-ring (bicyclic) bond motifs is 1. The second kappa shape index (κ2) is 13.0. The Hall–Kier alpha value is -2.83. The molecule has 1 aliphatic carbocycles. The Balaban J connectivity index is 1.46. The van der Waals surface area contributed by atoms with Gasteiger partial charge in [-0.15, -0.1) is 0 Å². The number of allylic oxidation sites excluding steroid dienone is 3. The molecule has 3 unspecified atom stereocenters. The number of Topliss-reactive ketones (excluding diaryl/α,β-unsaturated/α-hetero) is 1. The predicted octanol–water partition coefficient (Wildman–Crippen LogP) is 7.97. The number of carbonyl (C=O) groups is 1. The number of carbonyl (C=O) groups excluding carboxylic acids is 1. The largest absolute Gasteiger partial charge is 0.450 e. The smallest absolute Gasteiger partial charge is 0.289 e. The Kier molecular flexibility index (Phi) is 9.40. The summed E-state index contributed by atoms with van der Waals surface area (Å²) in [7, 11) is 0. The molecule has 3 aliphatic rings. The molecule has 2 aromatic carbocycles. The van der Waals surface area contributed by atoms with Gasteiger partial charge in [0.05, 0.1) is 11.6 Å². The van der Waals surface area contributed by atoms with Crippen molar-refractivity contribution in [2.45, 2.75) is 90.3 Å². The van der Waals surface area contributed by atoms with Gasteiger partial charge in [0, 0.05) is 25.0 Å². The van der Waals surface area contributed by atoms with Gasteiger partial charge >= 0.3 is 0 Å². The van der Waals surface area contributed by atoms with Crippen LogP contribution in [0.2, 0.25) is 12.6 Å². The zero-order valence-corrected chi connectivity index (χ0v) is 25.0. The topological polar surface area (TPSA) is 58.9 Å². The first-order valence-electron chi connectivity index (χ1n) is 15.4. The molecule has 2 heterocycles. The zero-order chi connectivity index (χ0) is 29.1. The van der Waals surface area contributed by atoms with Gasteiger partial charge in [0.15, 0.2) is 5.78 Å². The summed E-state index contributed by atoms with van der Waals surface area (Å²) in [6.07, 6.45) is 9.80. The quantitative estimate of drug-likeness (QED) is 0.252. The average Bonchev–Trinajstić information content (AvgIpc) is 3.26. The molecule has 0 radical (unpaired) electrons. The van der Waals surface area contributed by atoms with E-state index in [1.54, 1.807) is 12.3 Å². The summed E-state index contributed by atoms with van der Waals surface area (Å²) in [4.78, 5) is 18.8. The molecule has 0 spiro atoms. The van der Waals surface area contributed by atoms with Crippen LogP contribution < -0.4 is 0 Å². The molecule has 6 heteroatoms. The molecule has 1 N–H and O–H groups in total. The Bertz CT molecular complexity index is 1370. The van der Waals surface area contributed by atoms with E-state index in [4.69, 9.17) is 9.73 Å². The number of benzene rings is 2. The van der Waals surface area contributed by atoms with Crippen LogP contribution in [0.3, 0.4) is 0 Å². The average molecular weight is 556 g/mol. The van der Waals surface area contributed by atoms with Gasteiger partial charge in [-0.1, -0.05) is 63.6 Å². The third-order valence-electron chi connectivity index (χ3n) is 9.25. The van der Waals surface area contributed by atoms with Crippen LogP contribution in [0, 0.1) is 18.7 Å².